The summed E-state index contributed by atoms with van der Waals surface area (Å²) in [6.45, 7) is 4.06. The third kappa shape index (κ3) is 3.80. The lowest BCUT2D eigenvalue weighted by atomic mass is 10.2. The number of carbonyl (C=O) groups is 1. The van der Waals surface area contributed by atoms with Crippen LogP contribution in [0.1, 0.15) is 11.1 Å². The molecule has 28 heavy (non-hydrogen) atoms. The minimum atomic E-state index is -0.0400. The first kappa shape index (κ1) is 18.3. The average molecular weight is 388 g/mol. The van der Waals surface area contributed by atoms with Gasteiger partial charge in [-0.15, -0.1) is 0 Å². The number of benzene rings is 3. The summed E-state index contributed by atoms with van der Waals surface area (Å²) < 4.78 is 2.11. The Hall–Kier alpha value is -3.05. The SMILES string of the molecule is Cc1ccc(-n2c(SCC(=O)Nc3ccccc3C)nc3ccccc32)cc1. The van der Waals surface area contributed by atoms with E-state index in [9.17, 15) is 4.79 Å². The van der Waals surface area contributed by atoms with Gasteiger partial charge in [0, 0.05) is 11.4 Å². The normalized spacial score (nSPS) is 10.9. The standard InChI is InChI=1S/C23H21N3OS/c1-16-11-13-18(14-12-16)26-21-10-6-5-9-20(21)25-23(26)28-15-22(27)24-19-8-4-3-7-17(19)2/h3-14H,15H2,1-2H3,(H,24,27). The minimum Gasteiger partial charge on any atom is -0.325 e. The van der Waals surface area contributed by atoms with Gasteiger partial charge in [-0.1, -0.05) is 59.8 Å². The predicted octanol–water partition coefficient (Wildman–Crippen LogP) is 5.37. The van der Waals surface area contributed by atoms with Gasteiger partial charge in [0.2, 0.25) is 5.91 Å². The molecule has 140 valence electrons. The Morgan fingerprint density at radius 1 is 0.964 bits per heavy atom. The summed E-state index contributed by atoms with van der Waals surface area (Å²) in [6.07, 6.45) is 0. The molecule has 0 fully saturated rings. The number of thioether (sulfide) groups is 1. The smallest absolute Gasteiger partial charge is 0.234 e. The summed E-state index contributed by atoms with van der Waals surface area (Å²) in [4.78, 5) is 17.2. The van der Waals surface area contributed by atoms with Gasteiger partial charge in [-0.25, -0.2) is 4.98 Å². The van der Waals surface area contributed by atoms with Crippen molar-refractivity contribution in [3.8, 4) is 5.69 Å². The van der Waals surface area contributed by atoms with E-state index in [0.29, 0.717) is 5.75 Å². The summed E-state index contributed by atoms with van der Waals surface area (Å²) >= 11 is 1.44. The minimum absolute atomic E-state index is 0.0400. The van der Waals surface area contributed by atoms with Crippen molar-refractivity contribution < 1.29 is 4.79 Å². The number of fused-ring (bicyclic) bond motifs is 1. The van der Waals surface area contributed by atoms with Gasteiger partial charge in [0.15, 0.2) is 5.16 Å². The van der Waals surface area contributed by atoms with Gasteiger partial charge in [-0.05, 0) is 49.7 Å². The molecule has 0 radical (unpaired) electrons. The zero-order chi connectivity index (χ0) is 19.5. The molecule has 0 aliphatic heterocycles. The van der Waals surface area contributed by atoms with Crippen molar-refractivity contribution in [2.75, 3.05) is 11.1 Å². The first-order valence-corrected chi connectivity index (χ1v) is 10.1. The van der Waals surface area contributed by atoms with Crippen molar-refractivity contribution in [1.82, 2.24) is 9.55 Å². The van der Waals surface area contributed by atoms with Crippen molar-refractivity contribution >= 4 is 34.4 Å². The number of aryl methyl sites for hydroxylation is 2. The van der Waals surface area contributed by atoms with E-state index in [1.54, 1.807) is 0 Å². The van der Waals surface area contributed by atoms with E-state index in [2.05, 4.69) is 47.1 Å². The highest BCUT2D eigenvalue weighted by Gasteiger charge is 2.14. The number of hydrogen-bond acceptors (Lipinski definition) is 3. The van der Waals surface area contributed by atoms with E-state index < -0.39 is 0 Å². The molecule has 4 nitrogen and oxygen atoms in total. The van der Waals surface area contributed by atoms with E-state index in [1.807, 2.05) is 49.4 Å². The van der Waals surface area contributed by atoms with Crippen molar-refractivity contribution in [3.63, 3.8) is 0 Å². The van der Waals surface area contributed by atoms with Crippen LogP contribution in [-0.4, -0.2) is 21.2 Å². The molecule has 0 unspecified atom stereocenters. The van der Waals surface area contributed by atoms with Crippen LogP contribution in [0.15, 0.2) is 78.0 Å². The summed E-state index contributed by atoms with van der Waals surface area (Å²) in [5.74, 6) is 0.255. The van der Waals surface area contributed by atoms with Gasteiger partial charge in [-0.3, -0.25) is 9.36 Å². The van der Waals surface area contributed by atoms with Crippen molar-refractivity contribution in [3.05, 3.63) is 83.9 Å². The number of imidazole rings is 1. The second-order valence-corrected chi connectivity index (χ2v) is 7.65. The molecule has 5 heteroatoms. The van der Waals surface area contributed by atoms with Crippen LogP contribution >= 0.6 is 11.8 Å². The lowest BCUT2D eigenvalue weighted by molar-refractivity contribution is -0.113. The molecule has 0 bridgehead atoms. The van der Waals surface area contributed by atoms with Crippen LogP contribution in [0.25, 0.3) is 16.7 Å². The molecule has 0 aliphatic rings. The molecule has 4 rings (SSSR count). The summed E-state index contributed by atoms with van der Waals surface area (Å²) in [6, 6.07) is 24.2. The van der Waals surface area contributed by atoms with Crippen molar-refractivity contribution in [2.45, 2.75) is 19.0 Å². The fourth-order valence-corrected chi connectivity index (χ4v) is 3.90. The molecule has 3 aromatic carbocycles. The maximum atomic E-state index is 12.5. The summed E-state index contributed by atoms with van der Waals surface area (Å²) in [7, 11) is 0. The molecule has 0 saturated carbocycles. The van der Waals surface area contributed by atoms with Gasteiger partial charge in [0.05, 0.1) is 16.8 Å². The number of amides is 1. The van der Waals surface area contributed by atoms with Crippen molar-refractivity contribution in [1.29, 1.82) is 0 Å². The summed E-state index contributed by atoms with van der Waals surface area (Å²) in [5.41, 5.74) is 6.10. The fraction of sp³-hybridized carbons (Fsp3) is 0.130. The number of rotatable bonds is 5. The maximum absolute atomic E-state index is 12.5. The number of aromatic nitrogens is 2. The number of para-hydroxylation sites is 3. The van der Waals surface area contributed by atoms with Gasteiger partial charge in [0.25, 0.3) is 0 Å². The topological polar surface area (TPSA) is 46.9 Å². The van der Waals surface area contributed by atoms with Crippen LogP contribution in [0, 0.1) is 13.8 Å². The first-order chi connectivity index (χ1) is 13.6. The number of hydrogen-bond donors (Lipinski definition) is 1. The van der Waals surface area contributed by atoms with Crippen LogP contribution in [0.5, 0.6) is 0 Å². The number of carbonyl (C=O) groups excluding carboxylic acids is 1. The third-order valence-corrected chi connectivity index (χ3v) is 5.51. The first-order valence-electron chi connectivity index (χ1n) is 9.14. The zero-order valence-corrected chi connectivity index (χ0v) is 16.7. The maximum Gasteiger partial charge on any atom is 0.234 e. The lowest BCUT2D eigenvalue weighted by Crippen LogP contribution is -2.15. The highest BCUT2D eigenvalue weighted by Crippen LogP contribution is 2.28. The Bertz CT molecular complexity index is 1130. The molecule has 1 N–H and O–H groups in total. The lowest BCUT2D eigenvalue weighted by Gasteiger charge is -2.10. The second kappa shape index (κ2) is 7.90. The van der Waals surface area contributed by atoms with Gasteiger partial charge >= 0.3 is 0 Å². The van der Waals surface area contributed by atoms with E-state index in [-0.39, 0.29) is 5.91 Å². The monoisotopic (exact) mass is 387 g/mol. The average Bonchev–Trinajstić information content (AvgIpc) is 3.07. The van der Waals surface area contributed by atoms with Gasteiger partial charge in [0.1, 0.15) is 0 Å². The van der Waals surface area contributed by atoms with Crippen LogP contribution in [0.3, 0.4) is 0 Å². The summed E-state index contributed by atoms with van der Waals surface area (Å²) in [5, 5.41) is 3.79. The molecule has 4 aromatic rings. The molecular weight excluding hydrogens is 366 g/mol. The van der Waals surface area contributed by atoms with E-state index in [1.165, 1.54) is 17.3 Å². The molecule has 1 heterocycles. The van der Waals surface area contributed by atoms with Gasteiger partial charge in [-0.2, -0.15) is 0 Å². The highest BCUT2D eigenvalue weighted by molar-refractivity contribution is 7.99. The molecule has 0 atom stereocenters. The van der Waals surface area contributed by atoms with Crippen LogP contribution in [-0.2, 0) is 4.79 Å². The van der Waals surface area contributed by atoms with Crippen LogP contribution in [0.2, 0.25) is 0 Å². The Balaban J connectivity index is 1.60. The highest BCUT2D eigenvalue weighted by atomic mass is 32.2. The Morgan fingerprint density at radius 3 is 2.46 bits per heavy atom. The second-order valence-electron chi connectivity index (χ2n) is 6.71. The van der Waals surface area contributed by atoms with E-state index >= 15 is 0 Å². The molecule has 0 saturated heterocycles. The largest absolute Gasteiger partial charge is 0.325 e. The zero-order valence-electron chi connectivity index (χ0n) is 15.8. The predicted molar refractivity (Wildman–Crippen MR) is 116 cm³/mol. The Kier molecular flexibility index (Phi) is 5.17. The number of nitrogens with one attached hydrogen (secondary N) is 1. The Morgan fingerprint density at radius 2 is 1.68 bits per heavy atom. The quantitative estimate of drug-likeness (QED) is 0.468. The number of nitrogens with zero attached hydrogens (tertiary/aromatic N) is 2. The van der Waals surface area contributed by atoms with E-state index in [0.717, 1.165) is 33.1 Å². The fourth-order valence-electron chi connectivity index (χ4n) is 3.07. The van der Waals surface area contributed by atoms with Crippen molar-refractivity contribution in [2.24, 2.45) is 0 Å². The Labute approximate surface area is 168 Å². The van der Waals surface area contributed by atoms with Gasteiger partial charge < -0.3 is 5.32 Å². The van der Waals surface area contributed by atoms with Crippen LogP contribution in [0.4, 0.5) is 5.69 Å². The molecular formula is C23H21N3OS. The third-order valence-electron chi connectivity index (χ3n) is 4.57. The molecule has 1 amide bonds. The van der Waals surface area contributed by atoms with Crippen LogP contribution < -0.4 is 5.32 Å². The molecule has 1 aromatic heterocycles. The van der Waals surface area contributed by atoms with E-state index in [4.69, 9.17) is 4.98 Å². The molecule has 0 aliphatic carbocycles. The molecule has 0 spiro atoms. The number of anilines is 1.